The van der Waals surface area contributed by atoms with E-state index in [0.29, 0.717) is 5.75 Å². The molecule has 0 aromatic heterocycles. The van der Waals surface area contributed by atoms with E-state index in [0.717, 1.165) is 19.6 Å². The lowest BCUT2D eigenvalue weighted by atomic mass is 10.1. The molecule has 0 radical (unpaired) electrons. The normalized spacial score (nSPS) is 15.0. The van der Waals surface area contributed by atoms with Crippen LogP contribution >= 0.6 is 0 Å². The Bertz CT molecular complexity index is 574. The number of nitrogens with zero attached hydrogens (tertiary/aromatic N) is 1. The van der Waals surface area contributed by atoms with E-state index < -0.39 is 0 Å². The van der Waals surface area contributed by atoms with Gasteiger partial charge in [0, 0.05) is 19.6 Å². The van der Waals surface area contributed by atoms with Crippen LogP contribution in [-0.4, -0.2) is 18.2 Å². The van der Waals surface area contributed by atoms with Crippen molar-refractivity contribution < 1.29 is 5.11 Å². The maximum absolute atomic E-state index is 9.33. The predicted octanol–water partition coefficient (Wildman–Crippen LogP) is 3.99. The number of phenols is 1. The van der Waals surface area contributed by atoms with E-state index in [4.69, 9.17) is 0 Å². The molecule has 0 atom stereocenters. The number of aromatic hydroxyl groups is 1. The molecule has 0 bridgehead atoms. The number of benzene rings is 2. The fourth-order valence-corrected chi connectivity index (χ4v) is 2.84. The van der Waals surface area contributed by atoms with Crippen LogP contribution in [0.4, 0.5) is 11.4 Å². The molecule has 0 spiro atoms. The van der Waals surface area contributed by atoms with Gasteiger partial charge in [-0.05, 0) is 49.1 Å². The van der Waals surface area contributed by atoms with Gasteiger partial charge in [0.15, 0.2) is 0 Å². The zero-order chi connectivity index (χ0) is 14.5. The van der Waals surface area contributed by atoms with Crippen molar-refractivity contribution in [2.45, 2.75) is 25.8 Å². The van der Waals surface area contributed by atoms with Gasteiger partial charge in [-0.25, -0.2) is 0 Å². The topological polar surface area (TPSA) is 35.5 Å². The van der Waals surface area contributed by atoms with Gasteiger partial charge in [0.1, 0.15) is 5.75 Å². The molecule has 3 heteroatoms. The summed E-state index contributed by atoms with van der Waals surface area (Å²) in [6.45, 7) is 3.07. The molecule has 3 nitrogen and oxygen atoms in total. The Hall–Kier alpha value is -2.16. The average Bonchev–Trinajstić information content (AvgIpc) is 2.55. The van der Waals surface area contributed by atoms with Crippen molar-refractivity contribution in [3.05, 3.63) is 54.1 Å². The van der Waals surface area contributed by atoms with E-state index in [1.54, 1.807) is 12.1 Å². The van der Waals surface area contributed by atoms with Gasteiger partial charge in [-0.15, -0.1) is 0 Å². The third kappa shape index (κ3) is 3.48. The zero-order valence-electron chi connectivity index (χ0n) is 12.3. The number of rotatable bonds is 4. The summed E-state index contributed by atoms with van der Waals surface area (Å²) in [5.41, 5.74) is 3.66. The first-order valence-corrected chi connectivity index (χ1v) is 7.69. The van der Waals surface area contributed by atoms with Crippen LogP contribution in [0.1, 0.15) is 24.8 Å². The first-order chi connectivity index (χ1) is 10.3. The Morgan fingerprint density at radius 1 is 0.905 bits per heavy atom. The van der Waals surface area contributed by atoms with E-state index >= 15 is 0 Å². The highest BCUT2D eigenvalue weighted by molar-refractivity contribution is 5.70. The fourth-order valence-electron chi connectivity index (χ4n) is 2.84. The monoisotopic (exact) mass is 282 g/mol. The first kappa shape index (κ1) is 13.8. The van der Waals surface area contributed by atoms with E-state index in [1.165, 1.54) is 36.2 Å². The Kier molecular flexibility index (Phi) is 4.29. The van der Waals surface area contributed by atoms with Gasteiger partial charge < -0.3 is 15.3 Å². The van der Waals surface area contributed by atoms with Crippen LogP contribution in [0.3, 0.4) is 0 Å². The summed E-state index contributed by atoms with van der Waals surface area (Å²) in [6, 6.07) is 15.9. The summed E-state index contributed by atoms with van der Waals surface area (Å²) in [5.74, 6) is 0.312. The van der Waals surface area contributed by atoms with E-state index in [2.05, 4.69) is 34.5 Å². The lowest BCUT2D eigenvalue weighted by Gasteiger charge is -2.30. The zero-order valence-corrected chi connectivity index (χ0v) is 12.3. The summed E-state index contributed by atoms with van der Waals surface area (Å²) in [7, 11) is 0. The molecule has 21 heavy (non-hydrogen) atoms. The van der Waals surface area contributed by atoms with Crippen molar-refractivity contribution >= 4 is 11.4 Å². The maximum Gasteiger partial charge on any atom is 0.115 e. The largest absolute Gasteiger partial charge is 0.508 e. The van der Waals surface area contributed by atoms with Crippen LogP contribution in [0.15, 0.2) is 48.5 Å². The van der Waals surface area contributed by atoms with Crippen molar-refractivity contribution in [3.63, 3.8) is 0 Å². The van der Waals surface area contributed by atoms with E-state index in [-0.39, 0.29) is 0 Å². The summed E-state index contributed by atoms with van der Waals surface area (Å²) in [6.07, 6.45) is 3.91. The third-order valence-corrected chi connectivity index (χ3v) is 4.02. The number of anilines is 2. The summed E-state index contributed by atoms with van der Waals surface area (Å²) >= 11 is 0. The second kappa shape index (κ2) is 6.53. The van der Waals surface area contributed by atoms with Crippen molar-refractivity contribution in [1.82, 2.24) is 0 Å². The van der Waals surface area contributed by atoms with Crippen LogP contribution in [0.2, 0.25) is 0 Å². The number of para-hydroxylation sites is 2. The van der Waals surface area contributed by atoms with Crippen molar-refractivity contribution in [3.8, 4) is 5.75 Å². The molecule has 110 valence electrons. The minimum atomic E-state index is 0.312. The molecule has 1 fully saturated rings. The number of hydrogen-bond acceptors (Lipinski definition) is 3. The highest BCUT2D eigenvalue weighted by Crippen LogP contribution is 2.28. The molecule has 3 rings (SSSR count). The van der Waals surface area contributed by atoms with Crippen LogP contribution in [0.25, 0.3) is 0 Å². The molecule has 1 saturated heterocycles. The number of phenolic OH excluding ortho intramolecular Hbond substituents is 1. The Labute approximate surface area is 126 Å². The molecule has 1 heterocycles. The van der Waals surface area contributed by atoms with Gasteiger partial charge in [0.25, 0.3) is 0 Å². The van der Waals surface area contributed by atoms with Gasteiger partial charge in [-0.2, -0.15) is 0 Å². The van der Waals surface area contributed by atoms with Crippen LogP contribution in [-0.2, 0) is 6.54 Å². The predicted molar refractivity (Wildman–Crippen MR) is 87.9 cm³/mol. The Balaban J connectivity index is 1.71. The second-order valence-corrected chi connectivity index (χ2v) is 5.58. The number of hydrogen-bond donors (Lipinski definition) is 2. The van der Waals surface area contributed by atoms with Gasteiger partial charge >= 0.3 is 0 Å². The molecule has 2 aromatic carbocycles. The molecule has 1 aliphatic heterocycles. The molecule has 0 saturated carbocycles. The highest BCUT2D eigenvalue weighted by Gasteiger charge is 2.13. The smallest absolute Gasteiger partial charge is 0.115 e. The van der Waals surface area contributed by atoms with Crippen LogP contribution < -0.4 is 10.2 Å². The van der Waals surface area contributed by atoms with Gasteiger partial charge in [0.05, 0.1) is 11.4 Å². The van der Waals surface area contributed by atoms with E-state index in [9.17, 15) is 5.11 Å². The van der Waals surface area contributed by atoms with Gasteiger partial charge in [0.2, 0.25) is 0 Å². The minimum Gasteiger partial charge on any atom is -0.508 e. The summed E-state index contributed by atoms with van der Waals surface area (Å²) < 4.78 is 0. The summed E-state index contributed by atoms with van der Waals surface area (Å²) in [5, 5.41) is 12.9. The van der Waals surface area contributed by atoms with Crippen molar-refractivity contribution in [2.24, 2.45) is 0 Å². The molecular weight excluding hydrogens is 260 g/mol. The SMILES string of the molecule is Oc1ccc(CNc2ccccc2N2CCCCC2)cc1. The molecule has 2 aromatic rings. The van der Waals surface area contributed by atoms with E-state index in [1.807, 2.05) is 12.1 Å². The van der Waals surface area contributed by atoms with Gasteiger partial charge in [-0.1, -0.05) is 24.3 Å². The van der Waals surface area contributed by atoms with Crippen LogP contribution in [0, 0.1) is 0 Å². The third-order valence-electron chi connectivity index (χ3n) is 4.02. The molecule has 0 amide bonds. The minimum absolute atomic E-state index is 0.312. The molecule has 0 aliphatic carbocycles. The standard InChI is InChI=1S/C18H22N2O/c21-16-10-8-15(9-11-16)14-19-17-6-2-3-7-18(17)20-12-4-1-5-13-20/h2-3,6-11,19,21H,1,4-5,12-14H2. The molecule has 1 aliphatic rings. The second-order valence-electron chi connectivity index (χ2n) is 5.58. The Morgan fingerprint density at radius 3 is 2.38 bits per heavy atom. The molecular formula is C18H22N2O. The maximum atomic E-state index is 9.33. The number of nitrogens with one attached hydrogen (secondary N) is 1. The molecule has 2 N–H and O–H groups in total. The van der Waals surface area contributed by atoms with Crippen LogP contribution in [0.5, 0.6) is 5.75 Å². The van der Waals surface area contributed by atoms with Crippen molar-refractivity contribution in [2.75, 3.05) is 23.3 Å². The van der Waals surface area contributed by atoms with Gasteiger partial charge in [-0.3, -0.25) is 0 Å². The average molecular weight is 282 g/mol. The lowest BCUT2D eigenvalue weighted by Crippen LogP contribution is -2.30. The number of piperidine rings is 1. The lowest BCUT2D eigenvalue weighted by molar-refractivity contribution is 0.475. The summed E-state index contributed by atoms with van der Waals surface area (Å²) in [4.78, 5) is 2.47. The Morgan fingerprint density at radius 2 is 1.62 bits per heavy atom. The highest BCUT2D eigenvalue weighted by atomic mass is 16.3. The van der Waals surface area contributed by atoms with Crippen molar-refractivity contribution in [1.29, 1.82) is 0 Å². The first-order valence-electron chi connectivity index (χ1n) is 7.69. The quantitative estimate of drug-likeness (QED) is 0.890. The molecule has 0 unspecified atom stereocenters. The fraction of sp³-hybridized carbons (Fsp3) is 0.333.